The zero-order chi connectivity index (χ0) is 11.7. The van der Waals surface area contributed by atoms with Gasteiger partial charge in [0.1, 0.15) is 0 Å². The number of carbonyl (C=O) groups excluding carboxylic acids is 1. The van der Waals surface area contributed by atoms with Gasteiger partial charge in [0.25, 0.3) is 5.91 Å². The maximum absolute atomic E-state index is 12.0. The molecule has 2 heterocycles. The Bertz CT molecular complexity index is 380. The lowest BCUT2D eigenvalue weighted by molar-refractivity contribution is -0.0592. The molecule has 1 saturated heterocycles. The fraction of sp³-hybridized carbons (Fsp3) is 0.545. The van der Waals surface area contributed by atoms with Gasteiger partial charge in [0.15, 0.2) is 11.0 Å². The average Bonchev–Trinajstić information content (AvgIpc) is 2.62. The Kier molecular flexibility index (Phi) is 3.21. The topological polar surface area (TPSA) is 42.7 Å². The summed E-state index contributed by atoms with van der Waals surface area (Å²) in [5.41, 5.74) is 0. The first kappa shape index (κ1) is 11.5. The summed E-state index contributed by atoms with van der Waals surface area (Å²) in [6.07, 6.45) is 0.108. The number of furan rings is 1. The summed E-state index contributed by atoms with van der Waals surface area (Å²) < 4.78 is 10.7. The monoisotopic (exact) mass is 243 g/mol. The highest BCUT2D eigenvalue weighted by atomic mass is 35.5. The van der Waals surface area contributed by atoms with Crippen LogP contribution < -0.4 is 0 Å². The SMILES string of the molecule is C[C@@H]1CN(C(=O)c2ccc(Cl)o2)C[C@H](C)O1. The van der Waals surface area contributed by atoms with Crippen LogP contribution in [0.3, 0.4) is 0 Å². The Hall–Kier alpha value is -1.00. The first-order valence-electron chi connectivity index (χ1n) is 5.26. The molecular weight excluding hydrogens is 230 g/mol. The minimum Gasteiger partial charge on any atom is -0.440 e. The predicted octanol–water partition coefficient (Wildman–Crippen LogP) is 2.18. The second-order valence-electron chi connectivity index (χ2n) is 4.07. The Labute approximate surface area is 99.1 Å². The van der Waals surface area contributed by atoms with Crippen molar-refractivity contribution >= 4 is 17.5 Å². The molecule has 5 heteroatoms. The van der Waals surface area contributed by atoms with Gasteiger partial charge in [-0.2, -0.15) is 0 Å². The van der Waals surface area contributed by atoms with Crippen molar-refractivity contribution in [2.24, 2.45) is 0 Å². The number of halogens is 1. The molecule has 1 aromatic heterocycles. The van der Waals surface area contributed by atoms with Crippen LogP contribution in [0.2, 0.25) is 5.22 Å². The third kappa shape index (κ3) is 2.39. The van der Waals surface area contributed by atoms with E-state index in [2.05, 4.69) is 0 Å². The average molecular weight is 244 g/mol. The molecule has 2 rings (SSSR count). The summed E-state index contributed by atoms with van der Waals surface area (Å²) in [5.74, 6) is 0.153. The van der Waals surface area contributed by atoms with Crippen LogP contribution in [0.4, 0.5) is 0 Å². The zero-order valence-corrected chi connectivity index (χ0v) is 10.0. The number of hydrogen-bond acceptors (Lipinski definition) is 3. The smallest absolute Gasteiger partial charge is 0.289 e. The highest BCUT2D eigenvalue weighted by molar-refractivity contribution is 6.29. The third-order valence-corrected chi connectivity index (χ3v) is 2.69. The van der Waals surface area contributed by atoms with E-state index in [0.717, 1.165) is 0 Å². The molecule has 0 radical (unpaired) electrons. The highest BCUT2D eigenvalue weighted by Crippen LogP contribution is 2.18. The molecule has 0 unspecified atom stereocenters. The third-order valence-electron chi connectivity index (χ3n) is 2.49. The lowest BCUT2D eigenvalue weighted by atomic mass is 10.2. The summed E-state index contributed by atoms with van der Waals surface area (Å²) in [4.78, 5) is 13.8. The molecule has 88 valence electrons. The Morgan fingerprint density at radius 1 is 1.38 bits per heavy atom. The van der Waals surface area contributed by atoms with E-state index in [4.69, 9.17) is 20.8 Å². The summed E-state index contributed by atoms with van der Waals surface area (Å²) in [6.45, 7) is 5.07. The van der Waals surface area contributed by atoms with Crippen LogP contribution in [0.25, 0.3) is 0 Å². The first-order chi connectivity index (χ1) is 7.56. The van der Waals surface area contributed by atoms with Crippen molar-refractivity contribution in [3.05, 3.63) is 23.1 Å². The van der Waals surface area contributed by atoms with Crippen LogP contribution in [0.1, 0.15) is 24.4 Å². The number of carbonyl (C=O) groups is 1. The van der Waals surface area contributed by atoms with Gasteiger partial charge in [0.05, 0.1) is 12.2 Å². The molecule has 0 spiro atoms. The van der Waals surface area contributed by atoms with Gasteiger partial charge in [0.2, 0.25) is 0 Å². The van der Waals surface area contributed by atoms with E-state index < -0.39 is 0 Å². The van der Waals surface area contributed by atoms with Crippen molar-refractivity contribution in [3.63, 3.8) is 0 Å². The van der Waals surface area contributed by atoms with Crippen LogP contribution in [-0.4, -0.2) is 36.1 Å². The molecule has 1 aromatic rings. The molecule has 0 saturated carbocycles. The molecular formula is C11H14ClNO3. The van der Waals surface area contributed by atoms with E-state index in [1.165, 1.54) is 0 Å². The van der Waals surface area contributed by atoms with E-state index in [-0.39, 0.29) is 29.1 Å². The number of rotatable bonds is 1. The molecule has 1 aliphatic rings. The quantitative estimate of drug-likeness (QED) is 0.759. The fourth-order valence-corrected chi connectivity index (χ4v) is 2.07. The molecule has 0 bridgehead atoms. The van der Waals surface area contributed by atoms with Crippen molar-refractivity contribution in [3.8, 4) is 0 Å². The summed E-state index contributed by atoms with van der Waals surface area (Å²) in [5, 5.41) is 0.234. The zero-order valence-electron chi connectivity index (χ0n) is 9.27. The minimum absolute atomic E-state index is 0.0538. The van der Waals surface area contributed by atoms with Crippen LogP contribution in [0.15, 0.2) is 16.5 Å². The van der Waals surface area contributed by atoms with E-state index in [1.807, 2.05) is 13.8 Å². The van der Waals surface area contributed by atoms with E-state index in [9.17, 15) is 4.79 Å². The van der Waals surface area contributed by atoms with Crippen molar-refractivity contribution in [1.82, 2.24) is 4.90 Å². The number of hydrogen-bond donors (Lipinski definition) is 0. The molecule has 4 nitrogen and oxygen atoms in total. The van der Waals surface area contributed by atoms with Gasteiger partial charge in [-0.05, 0) is 37.6 Å². The first-order valence-corrected chi connectivity index (χ1v) is 5.64. The summed E-state index contributed by atoms with van der Waals surface area (Å²) >= 11 is 5.64. The maximum atomic E-state index is 12.0. The highest BCUT2D eigenvalue weighted by Gasteiger charge is 2.28. The number of morpholine rings is 1. The van der Waals surface area contributed by atoms with Crippen molar-refractivity contribution in [2.75, 3.05) is 13.1 Å². The Balaban J connectivity index is 2.09. The fourth-order valence-electron chi connectivity index (χ4n) is 1.93. The molecule has 1 aliphatic heterocycles. The van der Waals surface area contributed by atoms with Gasteiger partial charge < -0.3 is 14.1 Å². The molecule has 1 amide bonds. The maximum Gasteiger partial charge on any atom is 0.289 e. The molecule has 0 aliphatic carbocycles. The number of ether oxygens (including phenoxy) is 1. The van der Waals surface area contributed by atoms with E-state index >= 15 is 0 Å². The van der Waals surface area contributed by atoms with Gasteiger partial charge in [-0.1, -0.05) is 0 Å². The molecule has 1 fully saturated rings. The summed E-state index contributed by atoms with van der Waals surface area (Å²) in [6, 6.07) is 3.16. The van der Waals surface area contributed by atoms with Gasteiger partial charge in [-0.15, -0.1) is 0 Å². The second kappa shape index (κ2) is 4.47. The van der Waals surface area contributed by atoms with Crippen LogP contribution in [0, 0.1) is 0 Å². The second-order valence-corrected chi connectivity index (χ2v) is 4.44. The standard InChI is InChI=1S/C11H14ClNO3/c1-7-5-13(6-8(2)15-7)11(14)9-3-4-10(12)16-9/h3-4,7-8H,5-6H2,1-2H3/t7-,8+. The van der Waals surface area contributed by atoms with Gasteiger partial charge in [-0.25, -0.2) is 0 Å². The van der Waals surface area contributed by atoms with Crippen molar-refractivity contribution in [1.29, 1.82) is 0 Å². The normalized spacial score (nSPS) is 25.8. The molecule has 0 aromatic carbocycles. The lowest BCUT2D eigenvalue weighted by Gasteiger charge is -2.34. The minimum atomic E-state index is -0.131. The Morgan fingerprint density at radius 3 is 2.50 bits per heavy atom. The van der Waals surface area contributed by atoms with Crippen molar-refractivity contribution < 1.29 is 13.9 Å². The van der Waals surface area contributed by atoms with Crippen LogP contribution in [-0.2, 0) is 4.74 Å². The largest absolute Gasteiger partial charge is 0.440 e. The molecule has 0 N–H and O–H groups in total. The molecule has 16 heavy (non-hydrogen) atoms. The van der Waals surface area contributed by atoms with Crippen molar-refractivity contribution in [2.45, 2.75) is 26.1 Å². The van der Waals surface area contributed by atoms with Gasteiger partial charge in [-0.3, -0.25) is 4.79 Å². The van der Waals surface area contributed by atoms with Crippen LogP contribution in [0.5, 0.6) is 0 Å². The van der Waals surface area contributed by atoms with E-state index in [0.29, 0.717) is 13.1 Å². The number of nitrogens with zero attached hydrogens (tertiary/aromatic N) is 1. The summed E-state index contributed by atoms with van der Waals surface area (Å²) in [7, 11) is 0. The predicted molar refractivity (Wildman–Crippen MR) is 59.6 cm³/mol. The number of amides is 1. The van der Waals surface area contributed by atoms with E-state index in [1.54, 1.807) is 17.0 Å². The lowest BCUT2D eigenvalue weighted by Crippen LogP contribution is -2.48. The van der Waals surface area contributed by atoms with Gasteiger partial charge in [0, 0.05) is 13.1 Å². The van der Waals surface area contributed by atoms with Gasteiger partial charge >= 0.3 is 0 Å². The Morgan fingerprint density at radius 2 is 2.00 bits per heavy atom. The van der Waals surface area contributed by atoms with Crippen LogP contribution >= 0.6 is 11.6 Å². The molecule has 2 atom stereocenters.